The SMILES string of the molecule is C1C[C@H]2CN(C3CCOC4(CCOCC4)C3)C[C@H]2N1. The third-order valence-electron chi connectivity index (χ3n) is 5.78. The van der Waals surface area contributed by atoms with Crippen molar-refractivity contribution in [2.45, 2.75) is 49.8 Å². The van der Waals surface area contributed by atoms with Crippen molar-refractivity contribution in [2.75, 3.05) is 39.5 Å². The summed E-state index contributed by atoms with van der Waals surface area (Å²) in [6, 6.07) is 1.52. The zero-order valence-electron chi connectivity index (χ0n) is 11.8. The Balaban J connectivity index is 1.41. The van der Waals surface area contributed by atoms with Gasteiger partial charge in [0.2, 0.25) is 0 Å². The first kappa shape index (κ1) is 12.6. The van der Waals surface area contributed by atoms with Crippen molar-refractivity contribution < 1.29 is 9.47 Å². The van der Waals surface area contributed by atoms with E-state index in [0.29, 0.717) is 0 Å². The fourth-order valence-corrected chi connectivity index (χ4v) is 4.59. The Kier molecular flexibility index (Phi) is 3.30. The van der Waals surface area contributed by atoms with Crippen molar-refractivity contribution in [3.63, 3.8) is 0 Å². The van der Waals surface area contributed by atoms with Gasteiger partial charge >= 0.3 is 0 Å². The highest BCUT2D eigenvalue weighted by Crippen LogP contribution is 2.38. The molecule has 4 aliphatic rings. The highest BCUT2D eigenvalue weighted by atomic mass is 16.5. The molecule has 4 nitrogen and oxygen atoms in total. The van der Waals surface area contributed by atoms with Gasteiger partial charge in [-0.3, -0.25) is 4.90 Å². The average molecular weight is 266 g/mol. The van der Waals surface area contributed by atoms with Crippen LogP contribution in [0.1, 0.15) is 32.1 Å². The Bertz CT molecular complexity index is 313. The summed E-state index contributed by atoms with van der Waals surface area (Å²) in [6.45, 7) is 6.54. The molecule has 4 fully saturated rings. The van der Waals surface area contributed by atoms with E-state index in [0.717, 1.165) is 50.7 Å². The van der Waals surface area contributed by atoms with Gasteiger partial charge in [0, 0.05) is 45.0 Å². The van der Waals surface area contributed by atoms with E-state index in [2.05, 4.69) is 10.2 Å². The first-order chi connectivity index (χ1) is 9.35. The Hall–Kier alpha value is -0.160. The highest BCUT2D eigenvalue weighted by Gasteiger charge is 2.44. The van der Waals surface area contributed by atoms with Gasteiger partial charge in [0.05, 0.1) is 5.60 Å². The van der Waals surface area contributed by atoms with Gasteiger partial charge < -0.3 is 14.8 Å². The first-order valence-electron chi connectivity index (χ1n) is 8.04. The largest absolute Gasteiger partial charge is 0.381 e. The third kappa shape index (κ3) is 2.33. The molecule has 4 saturated heterocycles. The van der Waals surface area contributed by atoms with Crippen LogP contribution in [0.3, 0.4) is 0 Å². The second-order valence-electron chi connectivity index (χ2n) is 6.85. The van der Waals surface area contributed by atoms with Crippen LogP contribution in [0.2, 0.25) is 0 Å². The van der Waals surface area contributed by atoms with Gasteiger partial charge in [0.25, 0.3) is 0 Å². The maximum Gasteiger partial charge on any atom is 0.0741 e. The molecular weight excluding hydrogens is 240 g/mol. The topological polar surface area (TPSA) is 33.7 Å². The maximum atomic E-state index is 6.17. The molecule has 0 amide bonds. The zero-order chi connectivity index (χ0) is 12.7. The summed E-state index contributed by atoms with van der Waals surface area (Å²) in [7, 11) is 0. The van der Waals surface area contributed by atoms with Crippen LogP contribution in [-0.4, -0.2) is 62.0 Å². The van der Waals surface area contributed by atoms with Crippen LogP contribution in [0.5, 0.6) is 0 Å². The lowest BCUT2D eigenvalue weighted by Gasteiger charge is -2.45. The minimum absolute atomic E-state index is 0.145. The van der Waals surface area contributed by atoms with Crippen molar-refractivity contribution in [3.05, 3.63) is 0 Å². The Morgan fingerprint density at radius 2 is 1.95 bits per heavy atom. The van der Waals surface area contributed by atoms with Crippen LogP contribution in [-0.2, 0) is 9.47 Å². The molecule has 19 heavy (non-hydrogen) atoms. The summed E-state index contributed by atoms with van der Waals surface area (Å²) in [4.78, 5) is 2.75. The van der Waals surface area contributed by atoms with Crippen molar-refractivity contribution >= 4 is 0 Å². The first-order valence-corrected chi connectivity index (χ1v) is 8.04. The van der Waals surface area contributed by atoms with Crippen LogP contribution in [0.4, 0.5) is 0 Å². The standard InChI is InChI=1S/C15H26N2O2/c1-5-16-14-11-17(10-12(1)14)13-2-6-19-15(9-13)3-7-18-8-4-15/h12-14,16H,1-11H2/t12-,13?,14+/m0/s1. The Morgan fingerprint density at radius 1 is 1.05 bits per heavy atom. The molecule has 1 unspecified atom stereocenters. The highest BCUT2D eigenvalue weighted by molar-refractivity contribution is 4.99. The predicted molar refractivity (Wildman–Crippen MR) is 73.2 cm³/mol. The molecule has 0 saturated carbocycles. The van der Waals surface area contributed by atoms with Crippen molar-refractivity contribution in [2.24, 2.45) is 5.92 Å². The van der Waals surface area contributed by atoms with Crippen LogP contribution in [0.15, 0.2) is 0 Å². The van der Waals surface area contributed by atoms with E-state index in [-0.39, 0.29) is 5.60 Å². The molecule has 0 bridgehead atoms. The zero-order valence-corrected chi connectivity index (χ0v) is 11.8. The van der Waals surface area contributed by atoms with E-state index < -0.39 is 0 Å². The number of hydrogen-bond donors (Lipinski definition) is 1. The van der Waals surface area contributed by atoms with Gasteiger partial charge in [-0.1, -0.05) is 0 Å². The van der Waals surface area contributed by atoms with Crippen LogP contribution in [0, 0.1) is 5.92 Å². The Labute approximate surface area is 115 Å². The molecule has 0 aromatic heterocycles. The number of nitrogens with zero attached hydrogens (tertiary/aromatic N) is 1. The molecule has 3 atom stereocenters. The monoisotopic (exact) mass is 266 g/mol. The molecule has 0 radical (unpaired) electrons. The second kappa shape index (κ2) is 4.99. The number of rotatable bonds is 1. The molecule has 108 valence electrons. The summed E-state index contributed by atoms with van der Waals surface area (Å²) in [6.07, 6.45) is 6.03. The van der Waals surface area contributed by atoms with Gasteiger partial charge in [-0.25, -0.2) is 0 Å². The van der Waals surface area contributed by atoms with Crippen LogP contribution >= 0.6 is 0 Å². The maximum absolute atomic E-state index is 6.17. The minimum atomic E-state index is 0.145. The van der Waals surface area contributed by atoms with Gasteiger partial charge in [0.15, 0.2) is 0 Å². The molecule has 0 aromatic rings. The van der Waals surface area contributed by atoms with Crippen LogP contribution in [0.25, 0.3) is 0 Å². The lowest BCUT2D eigenvalue weighted by Crippen LogP contribution is -2.51. The Morgan fingerprint density at radius 3 is 2.79 bits per heavy atom. The smallest absolute Gasteiger partial charge is 0.0741 e. The summed E-state index contributed by atoms with van der Waals surface area (Å²) in [5.74, 6) is 0.911. The third-order valence-corrected chi connectivity index (χ3v) is 5.78. The second-order valence-corrected chi connectivity index (χ2v) is 6.85. The number of fused-ring (bicyclic) bond motifs is 1. The number of likely N-dealkylation sites (tertiary alicyclic amines) is 1. The lowest BCUT2D eigenvalue weighted by molar-refractivity contribution is -0.150. The summed E-state index contributed by atoms with van der Waals surface area (Å²) < 4.78 is 11.7. The molecule has 0 aromatic carbocycles. The predicted octanol–water partition coefficient (Wildman–Crippen LogP) is 1.01. The summed E-state index contributed by atoms with van der Waals surface area (Å²) in [5.41, 5.74) is 0.145. The van der Waals surface area contributed by atoms with E-state index in [9.17, 15) is 0 Å². The lowest BCUT2D eigenvalue weighted by atomic mass is 9.83. The molecule has 4 heterocycles. The van der Waals surface area contributed by atoms with E-state index in [1.54, 1.807) is 0 Å². The van der Waals surface area contributed by atoms with E-state index >= 15 is 0 Å². The molecule has 4 heteroatoms. The van der Waals surface area contributed by atoms with Crippen LogP contribution < -0.4 is 5.32 Å². The van der Waals surface area contributed by atoms with Crippen molar-refractivity contribution in [1.29, 1.82) is 0 Å². The average Bonchev–Trinajstić information content (AvgIpc) is 3.00. The van der Waals surface area contributed by atoms with Crippen molar-refractivity contribution in [1.82, 2.24) is 10.2 Å². The number of hydrogen-bond acceptors (Lipinski definition) is 4. The molecule has 1 spiro atoms. The quantitative estimate of drug-likeness (QED) is 0.768. The van der Waals surface area contributed by atoms with Gasteiger partial charge in [-0.2, -0.15) is 0 Å². The summed E-state index contributed by atoms with van der Waals surface area (Å²) >= 11 is 0. The fraction of sp³-hybridized carbons (Fsp3) is 1.00. The fourth-order valence-electron chi connectivity index (χ4n) is 4.59. The molecule has 0 aliphatic carbocycles. The minimum Gasteiger partial charge on any atom is -0.381 e. The number of nitrogens with one attached hydrogen (secondary N) is 1. The van der Waals surface area contributed by atoms with Gasteiger partial charge in [-0.05, 0) is 44.6 Å². The van der Waals surface area contributed by atoms with E-state index in [4.69, 9.17) is 9.47 Å². The molecule has 4 aliphatic heterocycles. The molecule has 1 N–H and O–H groups in total. The van der Waals surface area contributed by atoms with E-state index in [1.165, 1.54) is 38.9 Å². The van der Waals surface area contributed by atoms with E-state index in [1.807, 2.05) is 0 Å². The van der Waals surface area contributed by atoms with Gasteiger partial charge in [0.1, 0.15) is 0 Å². The molecule has 4 rings (SSSR count). The molecular formula is C15H26N2O2. The summed E-state index contributed by atoms with van der Waals surface area (Å²) in [5, 5.41) is 3.67. The number of ether oxygens (including phenoxy) is 2. The normalized spacial score (nSPS) is 42.6. The van der Waals surface area contributed by atoms with Gasteiger partial charge in [-0.15, -0.1) is 0 Å². The van der Waals surface area contributed by atoms with Crippen molar-refractivity contribution in [3.8, 4) is 0 Å².